The van der Waals surface area contributed by atoms with Crippen molar-refractivity contribution in [2.75, 3.05) is 33.1 Å². The van der Waals surface area contributed by atoms with Crippen molar-refractivity contribution in [3.05, 3.63) is 58.7 Å². The Labute approximate surface area is 185 Å². The fourth-order valence-corrected chi connectivity index (χ4v) is 3.90. The lowest BCUT2D eigenvalue weighted by Crippen LogP contribution is -2.38. The van der Waals surface area contributed by atoms with Crippen LogP contribution in [0.25, 0.3) is 6.08 Å². The maximum Gasteiger partial charge on any atom is 0.240 e. The number of methoxy groups -OCH3 is 2. The summed E-state index contributed by atoms with van der Waals surface area (Å²) in [5.41, 5.74) is 1.69. The Morgan fingerprint density at radius 3 is 2.57 bits per heavy atom. The molecule has 2 aromatic rings. The SMILES string of the molecule is COc1cc2c(cc1OC)CC(=O)N(CC(=O)NCCSc1ccc(Cl)cc1)C=C2. The first-order chi connectivity index (χ1) is 14.5. The Kier molecular flexibility index (Phi) is 7.65. The molecule has 0 saturated carbocycles. The van der Waals surface area contributed by atoms with Crippen LogP contribution < -0.4 is 14.8 Å². The molecule has 0 atom stereocenters. The molecule has 6 nitrogen and oxygen atoms in total. The van der Waals surface area contributed by atoms with Gasteiger partial charge in [-0.2, -0.15) is 0 Å². The molecule has 1 N–H and O–H groups in total. The first-order valence-electron chi connectivity index (χ1n) is 9.38. The van der Waals surface area contributed by atoms with Crippen molar-refractivity contribution in [2.24, 2.45) is 0 Å². The summed E-state index contributed by atoms with van der Waals surface area (Å²) in [5.74, 6) is 1.54. The molecule has 0 aliphatic carbocycles. The van der Waals surface area contributed by atoms with E-state index >= 15 is 0 Å². The summed E-state index contributed by atoms with van der Waals surface area (Å²) in [7, 11) is 3.12. The van der Waals surface area contributed by atoms with E-state index in [-0.39, 0.29) is 24.8 Å². The van der Waals surface area contributed by atoms with E-state index in [0.29, 0.717) is 23.1 Å². The van der Waals surface area contributed by atoms with Gasteiger partial charge < -0.3 is 19.7 Å². The second kappa shape index (κ2) is 10.4. The van der Waals surface area contributed by atoms with Gasteiger partial charge in [0.25, 0.3) is 0 Å². The number of halogens is 1. The zero-order valence-corrected chi connectivity index (χ0v) is 18.4. The van der Waals surface area contributed by atoms with E-state index in [2.05, 4.69) is 5.32 Å². The van der Waals surface area contributed by atoms with Gasteiger partial charge in [0, 0.05) is 28.4 Å². The minimum Gasteiger partial charge on any atom is -0.493 e. The minimum absolute atomic E-state index is 0.0246. The van der Waals surface area contributed by atoms with Gasteiger partial charge in [-0.25, -0.2) is 0 Å². The molecule has 2 aromatic carbocycles. The van der Waals surface area contributed by atoms with Crippen molar-refractivity contribution in [1.82, 2.24) is 10.2 Å². The van der Waals surface area contributed by atoms with E-state index in [0.717, 1.165) is 21.8 Å². The fraction of sp³-hybridized carbons (Fsp3) is 0.273. The highest BCUT2D eigenvalue weighted by atomic mass is 35.5. The average Bonchev–Trinajstić information content (AvgIpc) is 2.89. The van der Waals surface area contributed by atoms with Gasteiger partial charge in [0.2, 0.25) is 11.8 Å². The molecule has 158 valence electrons. The van der Waals surface area contributed by atoms with E-state index < -0.39 is 0 Å². The topological polar surface area (TPSA) is 67.9 Å². The highest BCUT2D eigenvalue weighted by Crippen LogP contribution is 2.32. The number of carbonyl (C=O) groups is 2. The lowest BCUT2D eigenvalue weighted by atomic mass is 10.0. The van der Waals surface area contributed by atoms with Crippen LogP contribution in [0.2, 0.25) is 5.02 Å². The predicted molar refractivity (Wildman–Crippen MR) is 119 cm³/mol. The number of hydrogen-bond acceptors (Lipinski definition) is 5. The van der Waals surface area contributed by atoms with Crippen molar-refractivity contribution in [3.8, 4) is 11.5 Å². The molecule has 1 aliphatic heterocycles. The number of fused-ring (bicyclic) bond motifs is 1. The van der Waals surface area contributed by atoms with Crippen LogP contribution in [0.3, 0.4) is 0 Å². The van der Waals surface area contributed by atoms with Crippen LogP contribution >= 0.6 is 23.4 Å². The average molecular weight is 447 g/mol. The van der Waals surface area contributed by atoms with Crippen LogP contribution in [0, 0.1) is 0 Å². The smallest absolute Gasteiger partial charge is 0.240 e. The maximum absolute atomic E-state index is 12.6. The summed E-state index contributed by atoms with van der Waals surface area (Å²) < 4.78 is 10.6. The van der Waals surface area contributed by atoms with E-state index in [1.807, 2.05) is 36.4 Å². The number of thioether (sulfide) groups is 1. The van der Waals surface area contributed by atoms with Crippen LogP contribution in [-0.2, 0) is 16.0 Å². The van der Waals surface area contributed by atoms with Crippen LogP contribution in [0.5, 0.6) is 11.5 Å². The van der Waals surface area contributed by atoms with E-state index in [9.17, 15) is 9.59 Å². The summed E-state index contributed by atoms with van der Waals surface area (Å²) in [6.07, 6.45) is 3.64. The van der Waals surface area contributed by atoms with Gasteiger partial charge in [-0.05, 0) is 53.6 Å². The molecule has 3 rings (SSSR count). The Balaban J connectivity index is 1.53. The molecule has 0 bridgehead atoms. The predicted octanol–water partition coefficient (Wildman–Crippen LogP) is 3.62. The molecule has 0 radical (unpaired) electrons. The number of nitrogens with one attached hydrogen (secondary N) is 1. The second-order valence-corrected chi connectivity index (χ2v) is 8.18. The van der Waals surface area contributed by atoms with Crippen molar-refractivity contribution in [2.45, 2.75) is 11.3 Å². The van der Waals surface area contributed by atoms with Gasteiger partial charge >= 0.3 is 0 Å². The number of hydrogen-bond donors (Lipinski definition) is 1. The van der Waals surface area contributed by atoms with E-state index in [1.54, 1.807) is 38.2 Å². The molecule has 0 saturated heterocycles. The number of rotatable bonds is 8. The molecule has 0 fully saturated rings. The Morgan fingerprint density at radius 2 is 1.87 bits per heavy atom. The molecule has 8 heteroatoms. The fourth-order valence-electron chi connectivity index (χ4n) is 3.00. The van der Waals surface area contributed by atoms with Crippen LogP contribution in [0.4, 0.5) is 0 Å². The number of ether oxygens (including phenoxy) is 2. The lowest BCUT2D eigenvalue weighted by Gasteiger charge is -2.16. The summed E-state index contributed by atoms with van der Waals surface area (Å²) >= 11 is 7.50. The minimum atomic E-state index is -0.203. The van der Waals surface area contributed by atoms with Gasteiger partial charge in [-0.15, -0.1) is 11.8 Å². The quantitative estimate of drug-likeness (QED) is 0.495. The normalized spacial score (nSPS) is 12.9. The first kappa shape index (κ1) is 22.1. The molecule has 2 amide bonds. The Hall–Kier alpha value is -2.64. The number of benzene rings is 2. The summed E-state index contributed by atoms with van der Waals surface area (Å²) in [4.78, 5) is 27.4. The first-order valence-corrected chi connectivity index (χ1v) is 10.7. The zero-order chi connectivity index (χ0) is 21.5. The monoisotopic (exact) mass is 446 g/mol. The van der Waals surface area contributed by atoms with Gasteiger partial charge in [0.15, 0.2) is 11.5 Å². The largest absolute Gasteiger partial charge is 0.493 e. The second-order valence-electron chi connectivity index (χ2n) is 6.57. The van der Waals surface area contributed by atoms with Crippen LogP contribution in [0.15, 0.2) is 47.5 Å². The third kappa shape index (κ3) is 5.70. The highest BCUT2D eigenvalue weighted by molar-refractivity contribution is 7.99. The molecular weight excluding hydrogens is 424 g/mol. The van der Waals surface area contributed by atoms with E-state index in [1.165, 1.54) is 4.90 Å². The molecule has 0 spiro atoms. The van der Waals surface area contributed by atoms with Crippen molar-refractivity contribution >= 4 is 41.3 Å². The summed E-state index contributed by atoms with van der Waals surface area (Å²) in [5, 5.41) is 3.55. The van der Waals surface area contributed by atoms with Crippen LogP contribution in [-0.4, -0.2) is 49.8 Å². The number of carbonyl (C=O) groups excluding carboxylic acids is 2. The Bertz CT molecular complexity index is 947. The summed E-state index contributed by atoms with van der Waals surface area (Å²) in [6, 6.07) is 11.2. The molecular formula is C22H23ClN2O4S. The molecule has 0 unspecified atom stereocenters. The Morgan fingerprint density at radius 1 is 1.17 bits per heavy atom. The van der Waals surface area contributed by atoms with E-state index in [4.69, 9.17) is 21.1 Å². The molecule has 0 aromatic heterocycles. The van der Waals surface area contributed by atoms with Crippen molar-refractivity contribution in [3.63, 3.8) is 0 Å². The van der Waals surface area contributed by atoms with Crippen molar-refractivity contribution in [1.29, 1.82) is 0 Å². The zero-order valence-electron chi connectivity index (χ0n) is 16.8. The number of nitrogens with zero attached hydrogens (tertiary/aromatic N) is 1. The third-order valence-corrected chi connectivity index (χ3v) is 5.83. The molecule has 1 heterocycles. The standard InChI is InChI=1S/C22H23ClN2O4S/c1-28-19-11-15-7-9-25(22(27)13-16(15)12-20(19)29-2)14-21(26)24-8-10-30-18-5-3-17(23)4-6-18/h3-7,9,11-12H,8,10,13-14H2,1-2H3,(H,24,26). The maximum atomic E-state index is 12.6. The van der Waals surface area contributed by atoms with Gasteiger partial charge in [-0.1, -0.05) is 11.6 Å². The third-order valence-electron chi connectivity index (χ3n) is 4.56. The molecule has 1 aliphatic rings. The highest BCUT2D eigenvalue weighted by Gasteiger charge is 2.21. The molecule has 30 heavy (non-hydrogen) atoms. The summed E-state index contributed by atoms with van der Waals surface area (Å²) in [6.45, 7) is 0.482. The number of amides is 2. The van der Waals surface area contributed by atoms with Crippen molar-refractivity contribution < 1.29 is 19.1 Å². The van der Waals surface area contributed by atoms with Gasteiger partial charge in [-0.3, -0.25) is 9.59 Å². The lowest BCUT2D eigenvalue weighted by molar-refractivity contribution is -0.132. The van der Waals surface area contributed by atoms with Gasteiger partial charge in [0.1, 0.15) is 6.54 Å². The van der Waals surface area contributed by atoms with Crippen LogP contribution in [0.1, 0.15) is 11.1 Å². The van der Waals surface area contributed by atoms with Gasteiger partial charge in [0.05, 0.1) is 20.6 Å².